The van der Waals surface area contributed by atoms with Gasteiger partial charge in [0.05, 0.1) is 31.3 Å². The molecule has 0 spiro atoms. The fourth-order valence-electron chi connectivity index (χ4n) is 3.03. The van der Waals surface area contributed by atoms with Crippen LogP contribution in [0.1, 0.15) is 12.1 Å². The Bertz CT molecular complexity index is 636. The lowest BCUT2D eigenvalue weighted by Crippen LogP contribution is -2.50. The second-order valence-corrected chi connectivity index (χ2v) is 5.98. The number of aliphatic carboxylic acids is 1. The van der Waals surface area contributed by atoms with Crippen molar-refractivity contribution in [3.05, 3.63) is 30.1 Å². The van der Waals surface area contributed by atoms with Crippen molar-refractivity contribution in [2.24, 2.45) is 5.92 Å². The molecule has 3 rings (SSSR count). The summed E-state index contributed by atoms with van der Waals surface area (Å²) in [7, 11) is 0. The summed E-state index contributed by atoms with van der Waals surface area (Å²) < 4.78 is 5.12. The summed E-state index contributed by atoms with van der Waals surface area (Å²) in [5.41, 5.74) is 0.774. The van der Waals surface area contributed by atoms with Crippen LogP contribution >= 0.6 is 0 Å². The molecule has 2 fully saturated rings. The largest absolute Gasteiger partial charge is 0.479 e. The molecule has 2 amide bonds. The molecule has 24 heavy (non-hydrogen) atoms. The van der Waals surface area contributed by atoms with Crippen LogP contribution in [0.4, 0.5) is 0 Å². The topological polar surface area (TPSA) is 100 Å². The van der Waals surface area contributed by atoms with Gasteiger partial charge in [-0.1, -0.05) is 6.07 Å². The molecule has 1 N–H and O–H groups in total. The van der Waals surface area contributed by atoms with E-state index in [-0.39, 0.29) is 31.4 Å². The Balaban J connectivity index is 1.60. The van der Waals surface area contributed by atoms with E-state index in [0.717, 1.165) is 5.69 Å². The molecule has 8 nitrogen and oxygen atoms in total. The zero-order valence-corrected chi connectivity index (χ0v) is 13.1. The Morgan fingerprint density at radius 3 is 2.88 bits per heavy atom. The van der Waals surface area contributed by atoms with Gasteiger partial charge in [0.1, 0.15) is 0 Å². The molecule has 2 aliphatic rings. The lowest BCUT2D eigenvalue weighted by molar-refractivity contribution is -0.160. The van der Waals surface area contributed by atoms with Gasteiger partial charge < -0.3 is 19.6 Å². The van der Waals surface area contributed by atoms with Crippen LogP contribution in [0.5, 0.6) is 0 Å². The number of carboxylic acids is 1. The van der Waals surface area contributed by atoms with Crippen LogP contribution in [0.25, 0.3) is 0 Å². The summed E-state index contributed by atoms with van der Waals surface area (Å²) in [5.74, 6) is -1.77. The Morgan fingerprint density at radius 2 is 2.17 bits per heavy atom. The SMILES string of the molecule is O=C(O)[C@@H]1CN(C(=O)[C@H]2CC(=O)N(Cc3ccccn3)C2)CCO1. The van der Waals surface area contributed by atoms with Gasteiger partial charge >= 0.3 is 5.97 Å². The number of aromatic nitrogens is 1. The van der Waals surface area contributed by atoms with E-state index in [0.29, 0.717) is 19.6 Å². The van der Waals surface area contributed by atoms with Gasteiger partial charge in [-0.3, -0.25) is 14.6 Å². The molecule has 2 atom stereocenters. The lowest BCUT2D eigenvalue weighted by Gasteiger charge is -2.32. The predicted octanol–water partition coefficient (Wildman–Crippen LogP) is -0.258. The third-order valence-corrected chi connectivity index (χ3v) is 4.30. The second-order valence-electron chi connectivity index (χ2n) is 5.98. The molecule has 3 heterocycles. The molecule has 1 aromatic heterocycles. The number of carbonyl (C=O) groups is 3. The fraction of sp³-hybridized carbons (Fsp3) is 0.500. The molecule has 2 saturated heterocycles. The maximum absolute atomic E-state index is 12.6. The molecule has 0 aliphatic carbocycles. The normalized spacial score (nSPS) is 24.2. The highest BCUT2D eigenvalue weighted by molar-refractivity contribution is 5.89. The van der Waals surface area contributed by atoms with Crippen molar-refractivity contribution in [3.63, 3.8) is 0 Å². The van der Waals surface area contributed by atoms with E-state index in [1.54, 1.807) is 17.2 Å². The van der Waals surface area contributed by atoms with Crippen molar-refractivity contribution >= 4 is 17.8 Å². The monoisotopic (exact) mass is 333 g/mol. The Labute approximate surface area is 139 Å². The number of hydrogen-bond donors (Lipinski definition) is 1. The summed E-state index contributed by atoms with van der Waals surface area (Å²) in [5, 5.41) is 9.02. The van der Waals surface area contributed by atoms with Crippen LogP contribution in [0.15, 0.2) is 24.4 Å². The van der Waals surface area contributed by atoms with E-state index in [1.165, 1.54) is 4.90 Å². The zero-order chi connectivity index (χ0) is 17.1. The number of rotatable bonds is 4. The molecule has 0 aromatic carbocycles. The minimum atomic E-state index is -1.08. The van der Waals surface area contributed by atoms with E-state index in [2.05, 4.69) is 4.98 Å². The highest BCUT2D eigenvalue weighted by Crippen LogP contribution is 2.22. The maximum Gasteiger partial charge on any atom is 0.334 e. The average Bonchev–Trinajstić information content (AvgIpc) is 2.96. The minimum Gasteiger partial charge on any atom is -0.479 e. The van der Waals surface area contributed by atoms with Crippen LogP contribution in [0.3, 0.4) is 0 Å². The first-order chi connectivity index (χ1) is 11.5. The molecular weight excluding hydrogens is 314 g/mol. The van der Waals surface area contributed by atoms with Gasteiger partial charge in [0, 0.05) is 25.7 Å². The van der Waals surface area contributed by atoms with Gasteiger partial charge in [-0.05, 0) is 12.1 Å². The molecule has 0 radical (unpaired) electrons. The third kappa shape index (κ3) is 3.53. The molecule has 128 valence electrons. The van der Waals surface area contributed by atoms with Crippen molar-refractivity contribution in [2.75, 3.05) is 26.2 Å². The summed E-state index contributed by atoms with van der Waals surface area (Å²) in [6.45, 7) is 1.29. The number of likely N-dealkylation sites (tertiary alicyclic amines) is 1. The number of amides is 2. The first-order valence-electron chi connectivity index (χ1n) is 7.85. The van der Waals surface area contributed by atoms with Gasteiger partial charge in [-0.15, -0.1) is 0 Å². The van der Waals surface area contributed by atoms with E-state index in [9.17, 15) is 14.4 Å². The van der Waals surface area contributed by atoms with Crippen LogP contribution in [-0.2, 0) is 25.7 Å². The number of nitrogens with zero attached hydrogens (tertiary/aromatic N) is 3. The minimum absolute atomic E-state index is 0.0269. The number of hydrogen-bond acceptors (Lipinski definition) is 5. The average molecular weight is 333 g/mol. The Hall–Kier alpha value is -2.48. The van der Waals surface area contributed by atoms with Crippen LogP contribution in [0, 0.1) is 5.92 Å². The summed E-state index contributed by atoms with van der Waals surface area (Å²) in [6, 6.07) is 5.49. The van der Waals surface area contributed by atoms with Gasteiger partial charge in [0.25, 0.3) is 0 Å². The van der Waals surface area contributed by atoms with Crippen molar-refractivity contribution in [3.8, 4) is 0 Å². The maximum atomic E-state index is 12.6. The smallest absolute Gasteiger partial charge is 0.334 e. The van der Waals surface area contributed by atoms with Crippen LogP contribution < -0.4 is 0 Å². The quantitative estimate of drug-likeness (QED) is 0.815. The number of ether oxygens (including phenoxy) is 1. The summed E-state index contributed by atoms with van der Waals surface area (Å²) >= 11 is 0. The van der Waals surface area contributed by atoms with E-state index >= 15 is 0 Å². The third-order valence-electron chi connectivity index (χ3n) is 4.30. The van der Waals surface area contributed by atoms with Gasteiger partial charge in [-0.2, -0.15) is 0 Å². The molecule has 8 heteroatoms. The van der Waals surface area contributed by atoms with Crippen molar-refractivity contribution in [2.45, 2.75) is 19.1 Å². The van der Waals surface area contributed by atoms with Gasteiger partial charge in [0.2, 0.25) is 11.8 Å². The fourth-order valence-corrected chi connectivity index (χ4v) is 3.03. The lowest BCUT2D eigenvalue weighted by atomic mass is 10.1. The molecule has 0 bridgehead atoms. The van der Waals surface area contributed by atoms with Crippen LogP contribution in [0.2, 0.25) is 0 Å². The van der Waals surface area contributed by atoms with Gasteiger partial charge in [0.15, 0.2) is 6.10 Å². The highest BCUT2D eigenvalue weighted by atomic mass is 16.5. The van der Waals surface area contributed by atoms with Crippen molar-refractivity contribution in [1.29, 1.82) is 0 Å². The molecule has 1 aromatic rings. The Kier molecular flexibility index (Phi) is 4.75. The number of morpholine rings is 1. The predicted molar refractivity (Wildman–Crippen MR) is 81.7 cm³/mol. The van der Waals surface area contributed by atoms with Crippen molar-refractivity contribution in [1.82, 2.24) is 14.8 Å². The van der Waals surface area contributed by atoms with Crippen LogP contribution in [-0.4, -0.2) is 70.0 Å². The highest BCUT2D eigenvalue weighted by Gasteiger charge is 2.38. The van der Waals surface area contributed by atoms with Crippen molar-refractivity contribution < 1.29 is 24.2 Å². The number of carbonyl (C=O) groups excluding carboxylic acids is 2. The molecular formula is C16H19N3O5. The first kappa shape index (κ1) is 16.4. The molecule has 2 aliphatic heterocycles. The number of carboxylic acid groups (broad SMARTS) is 1. The zero-order valence-electron chi connectivity index (χ0n) is 13.1. The Morgan fingerprint density at radius 1 is 1.33 bits per heavy atom. The van der Waals surface area contributed by atoms with Gasteiger partial charge in [-0.25, -0.2) is 4.79 Å². The van der Waals surface area contributed by atoms with E-state index in [1.807, 2.05) is 12.1 Å². The second kappa shape index (κ2) is 6.96. The molecule has 0 saturated carbocycles. The summed E-state index contributed by atoms with van der Waals surface area (Å²) in [6.07, 6.45) is 0.823. The standard InChI is InChI=1S/C16H19N3O5/c20-14-7-11(8-19(14)9-12-3-1-2-4-17-12)15(21)18-5-6-24-13(10-18)16(22)23/h1-4,11,13H,5-10H2,(H,22,23)/t11-,13-/m0/s1. The van der Waals surface area contributed by atoms with E-state index in [4.69, 9.17) is 9.84 Å². The molecule has 0 unspecified atom stereocenters. The first-order valence-corrected chi connectivity index (χ1v) is 7.85. The number of pyridine rings is 1. The van der Waals surface area contributed by atoms with E-state index < -0.39 is 18.0 Å². The summed E-state index contributed by atoms with van der Waals surface area (Å²) in [4.78, 5) is 43.1.